The third kappa shape index (κ3) is 4.42. The molecular weight excluding hydrogens is 348 g/mol. The lowest BCUT2D eigenvalue weighted by molar-refractivity contribution is 0.376. The molecule has 0 aromatic heterocycles. The Morgan fingerprint density at radius 2 is 2.05 bits per heavy atom. The molecule has 1 aliphatic rings. The highest BCUT2D eigenvalue weighted by Crippen LogP contribution is 2.25. The van der Waals surface area contributed by atoms with Crippen molar-refractivity contribution in [2.75, 3.05) is 25.9 Å². The molecule has 2 N–H and O–H groups in total. The largest absolute Gasteiger partial charge is 0.316 e. The van der Waals surface area contributed by atoms with Crippen LogP contribution >= 0.6 is 11.6 Å². The monoisotopic (exact) mass is 366 g/mol. The zero-order valence-electron chi connectivity index (χ0n) is 12.2. The van der Waals surface area contributed by atoms with E-state index in [9.17, 15) is 16.8 Å². The van der Waals surface area contributed by atoms with Gasteiger partial charge in [-0.1, -0.05) is 11.6 Å². The third-order valence-electron chi connectivity index (χ3n) is 3.58. The maximum atomic E-state index is 12.4. The molecule has 1 aromatic carbocycles. The van der Waals surface area contributed by atoms with Gasteiger partial charge in [0.25, 0.3) is 0 Å². The van der Waals surface area contributed by atoms with Crippen LogP contribution in [-0.4, -0.2) is 42.7 Å². The number of rotatable bonds is 5. The minimum atomic E-state index is -3.85. The summed E-state index contributed by atoms with van der Waals surface area (Å²) in [5, 5.41) is 3.21. The molecule has 1 saturated heterocycles. The number of piperidine rings is 1. The summed E-state index contributed by atoms with van der Waals surface area (Å²) in [4.78, 5) is -0.280. The van der Waals surface area contributed by atoms with Crippen molar-refractivity contribution in [3.8, 4) is 0 Å². The van der Waals surface area contributed by atoms with Crippen LogP contribution in [0.3, 0.4) is 0 Å². The second-order valence-electron chi connectivity index (χ2n) is 5.43. The smallest absolute Gasteiger partial charge is 0.242 e. The highest BCUT2D eigenvalue weighted by atomic mass is 35.5. The van der Waals surface area contributed by atoms with Gasteiger partial charge in [0, 0.05) is 12.8 Å². The number of sulfonamides is 1. The molecule has 0 saturated carbocycles. The SMILES string of the molecule is CS(=O)(=O)c1ccc(Cl)c(S(=O)(=O)NC[C@@H]2CCCNC2)c1. The van der Waals surface area contributed by atoms with Crippen molar-refractivity contribution in [3.63, 3.8) is 0 Å². The molecule has 9 heteroatoms. The van der Waals surface area contributed by atoms with Crippen molar-refractivity contribution in [2.24, 2.45) is 5.92 Å². The van der Waals surface area contributed by atoms with Gasteiger partial charge in [-0.15, -0.1) is 0 Å². The molecule has 0 aliphatic carbocycles. The van der Waals surface area contributed by atoms with Crippen LogP contribution < -0.4 is 10.0 Å². The highest BCUT2D eigenvalue weighted by molar-refractivity contribution is 7.91. The predicted octanol–water partition coefficient (Wildman–Crippen LogP) is 1.02. The average Bonchev–Trinajstić information content (AvgIpc) is 2.45. The Kier molecular flexibility index (Phi) is 5.50. The molecule has 0 spiro atoms. The minimum absolute atomic E-state index is 0.00155. The minimum Gasteiger partial charge on any atom is -0.316 e. The standard InChI is InChI=1S/C13H19ClN2O4S2/c1-21(17,18)11-4-5-12(14)13(7-11)22(19,20)16-9-10-3-2-6-15-8-10/h4-5,7,10,15-16H,2-3,6,8-9H2,1H3/t10-/m1/s1. The third-order valence-corrected chi connectivity index (χ3v) is 6.60. The summed E-state index contributed by atoms with van der Waals surface area (Å²) in [7, 11) is -7.35. The molecule has 22 heavy (non-hydrogen) atoms. The molecule has 1 aromatic rings. The first-order chi connectivity index (χ1) is 10.2. The van der Waals surface area contributed by atoms with E-state index in [0.29, 0.717) is 6.54 Å². The van der Waals surface area contributed by atoms with Gasteiger partial charge in [-0.25, -0.2) is 21.6 Å². The maximum Gasteiger partial charge on any atom is 0.242 e. The fourth-order valence-corrected chi connectivity index (χ4v) is 4.69. The van der Waals surface area contributed by atoms with E-state index in [0.717, 1.165) is 38.3 Å². The van der Waals surface area contributed by atoms with E-state index in [1.54, 1.807) is 0 Å². The number of nitrogens with one attached hydrogen (secondary N) is 2. The molecule has 1 atom stereocenters. The van der Waals surface area contributed by atoms with Crippen LogP contribution in [0.25, 0.3) is 0 Å². The molecule has 0 unspecified atom stereocenters. The van der Waals surface area contributed by atoms with Crippen molar-refractivity contribution >= 4 is 31.5 Å². The van der Waals surface area contributed by atoms with Crippen molar-refractivity contribution in [1.82, 2.24) is 10.0 Å². The molecule has 1 aliphatic heterocycles. The fraction of sp³-hybridized carbons (Fsp3) is 0.538. The van der Waals surface area contributed by atoms with Gasteiger partial charge in [-0.3, -0.25) is 0 Å². The van der Waals surface area contributed by atoms with Crippen molar-refractivity contribution < 1.29 is 16.8 Å². The topological polar surface area (TPSA) is 92.3 Å². The molecule has 1 heterocycles. The Labute approximate surface area is 136 Å². The lowest BCUT2D eigenvalue weighted by Crippen LogP contribution is -2.38. The summed E-state index contributed by atoms with van der Waals surface area (Å²) in [6.07, 6.45) is 2.98. The van der Waals surface area contributed by atoms with Crippen LogP contribution in [0, 0.1) is 5.92 Å². The maximum absolute atomic E-state index is 12.4. The van der Waals surface area contributed by atoms with Gasteiger partial charge in [0.15, 0.2) is 9.84 Å². The van der Waals surface area contributed by atoms with Gasteiger partial charge in [-0.2, -0.15) is 0 Å². The van der Waals surface area contributed by atoms with Gasteiger partial charge in [0.1, 0.15) is 4.90 Å². The molecule has 0 amide bonds. The number of benzene rings is 1. The first-order valence-corrected chi connectivity index (χ1v) is 10.7. The Bertz CT molecular complexity index is 741. The van der Waals surface area contributed by atoms with Crippen molar-refractivity contribution in [1.29, 1.82) is 0 Å². The van der Waals surface area contributed by atoms with E-state index < -0.39 is 19.9 Å². The summed E-state index contributed by atoms with van der Waals surface area (Å²) in [5.74, 6) is 0.223. The Balaban J connectivity index is 2.21. The predicted molar refractivity (Wildman–Crippen MR) is 85.3 cm³/mol. The lowest BCUT2D eigenvalue weighted by atomic mass is 10.0. The number of halogens is 1. The van der Waals surface area contributed by atoms with E-state index in [4.69, 9.17) is 11.6 Å². The zero-order chi connectivity index (χ0) is 16.4. The second-order valence-corrected chi connectivity index (χ2v) is 9.59. The van der Waals surface area contributed by atoms with Gasteiger partial charge >= 0.3 is 0 Å². The first-order valence-electron chi connectivity index (χ1n) is 6.90. The van der Waals surface area contributed by atoms with E-state index in [2.05, 4.69) is 10.0 Å². The van der Waals surface area contributed by atoms with Gasteiger partial charge in [0.05, 0.1) is 9.92 Å². The lowest BCUT2D eigenvalue weighted by Gasteiger charge is -2.23. The molecular formula is C13H19ClN2O4S2. The van der Waals surface area contributed by atoms with Gasteiger partial charge < -0.3 is 5.32 Å². The Morgan fingerprint density at radius 3 is 2.64 bits per heavy atom. The number of sulfone groups is 1. The van der Waals surface area contributed by atoms with E-state index in [-0.39, 0.29) is 20.7 Å². The molecule has 124 valence electrons. The normalized spacial score (nSPS) is 20.0. The van der Waals surface area contributed by atoms with Crippen LogP contribution in [0.4, 0.5) is 0 Å². The van der Waals surface area contributed by atoms with Gasteiger partial charge in [-0.05, 0) is 50.0 Å². The van der Waals surface area contributed by atoms with Crippen LogP contribution in [0.1, 0.15) is 12.8 Å². The molecule has 1 fully saturated rings. The quantitative estimate of drug-likeness (QED) is 0.811. The molecule has 0 radical (unpaired) electrons. The summed E-state index contributed by atoms with van der Waals surface area (Å²) in [5.41, 5.74) is 0. The summed E-state index contributed by atoms with van der Waals surface area (Å²) < 4.78 is 50.4. The average molecular weight is 367 g/mol. The Morgan fingerprint density at radius 1 is 1.32 bits per heavy atom. The van der Waals surface area contributed by atoms with Crippen LogP contribution in [-0.2, 0) is 19.9 Å². The summed E-state index contributed by atoms with van der Waals surface area (Å²) >= 11 is 5.93. The van der Waals surface area contributed by atoms with E-state index in [1.807, 2.05) is 0 Å². The number of hydrogen-bond acceptors (Lipinski definition) is 5. The molecule has 6 nitrogen and oxygen atoms in total. The van der Waals surface area contributed by atoms with Crippen LogP contribution in [0.2, 0.25) is 5.02 Å². The Hall–Kier alpha value is -0.670. The molecule has 2 rings (SSSR count). The van der Waals surface area contributed by atoms with E-state index in [1.165, 1.54) is 12.1 Å². The van der Waals surface area contributed by atoms with Crippen LogP contribution in [0.5, 0.6) is 0 Å². The zero-order valence-corrected chi connectivity index (χ0v) is 14.6. The summed E-state index contributed by atoms with van der Waals surface area (Å²) in [6, 6.07) is 3.68. The van der Waals surface area contributed by atoms with E-state index >= 15 is 0 Å². The van der Waals surface area contributed by atoms with Crippen molar-refractivity contribution in [3.05, 3.63) is 23.2 Å². The van der Waals surface area contributed by atoms with Gasteiger partial charge in [0.2, 0.25) is 10.0 Å². The second kappa shape index (κ2) is 6.84. The number of hydrogen-bond donors (Lipinski definition) is 2. The fourth-order valence-electron chi connectivity index (χ4n) is 2.32. The molecule has 0 bridgehead atoms. The highest BCUT2D eigenvalue weighted by Gasteiger charge is 2.22. The van der Waals surface area contributed by atoms with Crippen LogP contribution in [0.15, 0.2) is 28.0 Å². The first kappa shape index (κ1) is 17.7. The summed E-state index contributed by atoms with van der Waals surface area (Å²) in [6.45, 7) is 2.01. The van der Waals surface area contributed by atoms with Crippen molar-refractivity contribution in [2.45, 2.75) is 22.6 Å².